The second-order valence-corrected chi connectivity index (χ2v) is 8.47. The van der Waals surface area contributed by atoms with Crippen molar-refractivity contribution >= 4 is 40.4 Å². The number of furan rings is 1. The van der Waals surface area contributed by atoms with Crippen LogP contribution >= 0.6 is 22.9 Å². The van der Waals surface area contributed by atoms with Crippen molar-refractivity contribution in [3.05, 3.63) is 92.8 Å². The lowest BCUT2D eigenvalue weighted by molar-refractivity contribution is 0.0947. The number of rotatable bonds is 8. The highest BCUT2D eigenvalue weighted by atomic mass is 35.5. The summed E-state index contributed by atoms with van der Waals surface area (Å²) >= 11 is 6.99. The van der Waals surface area contributed by atoms with E-state index in [0.717, 1.165) is 17.1 Å². The fraction of sp³-hybridized carbons (Fsp3) is 0.130. The predicted octanol–water partition coefficient (Wildman–Crippen LogP) is 4.85. The molecule has 2 aromatic carbocycles. The molecule has 10 heteroatoms. The summed E-state index contributed by atoms with van der Waals surface area (Å²) in [6.07, 6.45) is 0. The van der Waals surface area contributed by atoms with Crippen LogP contribution in [0.4, 0.5) is 5.69 Å². The van der Waals surface area contributed by atoms with E-state index in [-0.39, 0.29) is 17.5 Å². The molecule has 0 fully saturated rings. The maximum absolute atomic E-state index is 12.5. The minimum atomic E-state index is -0.393. The number of nitrogens with zero attached hydrogens (tertiary/aromatic N) is 2. The summed E-state index contributed by atoms with van der Waals surface area (Å²) in [5, 5.41) is 14.8. The molecule has 0 aliphatic rings. The van der Waals surface area contributed by atoms with Gasteiger partial charge in [-0.05, 0) is 67.6 Å². The highest BCUT2D eigenvalue weighted by Crippen LogP contribution is 2.19. The van der Waals surface area contributed by atoms with Crippen LogP contribution in [0, 0.1) is 6.92 Å². The van der Waals surface area contributed by atoms with Gasteiger partial charge in [0.25, 0.3) is 11.8 Å². The van der Waals surface area contributed by atoms with Crippen LogP contribution in [-0.4, -0.2) is 22.0 Å². The summed E-state index contributed by atoms with van der Waals surface area (Å²) in [6.45, 7) is 2.33. The zero-order valence-corrected chi connectivity index (χ0v) is 19.1. The van der Waals surface area contributed by atoms with Crippen molar-refractivity contribution < 1.29 is 18.7 Å². The van der Waals surface area contributed by atoms with Crippen LogP contribution in [0.25, 0.3) is 0 Å². The van der Waals surface area contributed by atoms with Crippen molar-refractivity contribution in [3.63, 3.8) is 0 Å². The first-order valence-electron chi connectivity index (χ1n) is 9.92. The maximum atomic E-state index is 12.5. The lowest BCUT2D eigenvalue weighted by Gasteiger charge is -2.06. The topological polar surface area (TPSA) is 106 Å². The predicted molar refractivity (Wildman–Crippen MR) is 125 cm³/mol. The zero-order valence-electron chi connectivity index (χ0n) is 17.5. The fourth-order valence-electron chi connectivity index (χ4n) is 2.82. The van der Waals surface area contributed by atoms with Crippen LogP contribution in [0.2, 0.25) is 5.02 Å². The number of aryl methyl sites for hydroxylation is 1. The van der Waals surface area contributed by atoms with Crippen molar-refractivity contribution in [2.75, 3.05) is 5.32 Å². The van der Waals surface area contributed by atoms with E-state index < -0.39 is 5.91 Å². The number of carbonyl (C=O) groups excluding carboxylic acids is 2. The number of anilines is 1. The van der Waals surface area contributed by atoms with Gasteiger partial charge in [-0.15, -0.1) is 10.2 Å². The van der Waals surface area contributed by atoms with E-state index in [1.807, 2.05) is 19.1 Å². The zero-order chi connectivity index (χ0) is 23.2. The third kappa shape index (κ3) is 6.18. The Kier molecular flexibility index (Phi) is 7.01. The van der Waals surface area contributed by atoms with Gasteiger partial charge < -0.3 is 19.8 Å². The van der Waals surface area contributed by atoms with Crippen molar-refractivity contribution in [2.45, 2.75) is 20.1 Å². The van der Waals surface area contributed by atoms with Crippen molar-refractivity contribution in [1.82, 2.24) is 15.5 Å². The van der Waals surface area contributed by atoms with Crippen LogP contribution in [0.3, 0.4) is 0 Å². The summed E-state index contributed by atoms with van der Waals surface area (Å²) < 4.78 is 11.1. The molecule has 2 amide bonds. The molecule has 0 saturated carbocycles. The fourth-order valence-corrected chi connectivity index (χ4v) is 3.59. The van der Waals surface area contributed by atoms with Crippen LogP contribution < -0.4 is 15.4 Å². The van der Waals surface area contributed by atoms with Crippen LogP contribution in [0.5, 0.6) is 5.75 Å². The molecule has 0 unspecified atom stereocenters. The average molecular weight is 483 g/mol. The van der Waals surface area contributed by atoms with Gasteiger partial charge in [0.15, 0.2) is 5.01 Å². The normalized spacial score (nSPS) is 10.6. The second kappa shape index (κ2) is 10.3. The van der Waals surface area contributed by atoms with Gasteiger partial charge in [-0.25, -0.2) is 0 Å². The molecule has 0 saturated heterocycles. The second-order valence-electron chi connectivity index (χ2n) is 6.97. The largest absolute Gasteiger partial charge is 0.486 e. The summed E-state index contributed by atoms with van der Waals surface area (Å²) in [5.41, 5.74) is 1.00. The van der Waals surface area contributed by atoms with Gasteiger partial charge in [-0.1, -0.05) is 22.9 Å². The molecule has 8 nitrogen and oxygen atoms in total. The first kappa shape index (κ1) is 22.5. The Bertz CT molecular complexity index is 1250. The molecular formula is C23H19ClN4O4S. The number of nitrogens with one attached hydrogen (secondary N) is 2. The Labute approximate surface area is 198 Å². The third-order valence-corrected chi connectivity index (χ3v) is 5.61. The minimum Gasteiger partial charge on any atom is -0.486 e. The number of amides is 2. The number of hydrogen-bond acceptors (Lipinski definition) is 7. The third-order valence-electron chi connectivity index (χ3n) is 4.46. The molecule has 2 N–H and O–H groups in total. The number of halogens is 1. The smallest absolute Gasteiger partial charge is 0.286 e. The monoisotopic (exact) mass is 482 g/mol. The van der Waals surface area contributed by atoms with Gasteiger partial charge in [0.1, 0.15) is 23.9 Å². The number of hydrogen-bond donors (Lipinski definition) is 2. The van der Waals surface area contributed by atoms with Gasteiger partial charge in [0.05, 0.1) is 6.54 Å². The van der Waals surface area contributed by atoms with Crippen molar-refractivity contribution in [2.24, 2.45) is 0 Å². The standard InChI is InChI=1S/C23H19ClN4O4S/c1-14-2-9-19(32-14)12-25-21(29)15-3-7-17(8-4-15)26-22(30)23-28-27-20(33-23)13-31-18-10-5-16(24)6-11-18/h2-11H,12-13H2,1H3,(H,25,29)(H,26,30). The van der Waals surface area contributed by atoms with Gasteiger partial charge in [-0.3, -0.25) is 9.59 Å². The number of ether oxygens (including phenoxy) is 1. The highest BCUT2D eigenvalue weighted by Gasteiger charge is 2.14. The molecule has 2 heterocycles. The number of carbonyl (C=O) groups is 2. The molecule has 2 aromatic heterocycles. The van der Waals surface area contributed by atoms with E-state index in [9.17, 15) is 9.59 Å². The quantitative estimate of drug-likeness (QED) is 0.371. The molecule has 0 spiro atoms. The van der Waals surface area contributed by atoms with Crippen LogP contribution in [-0.2, 0) is 13.2 Å². The summed E-state index contributed by atoms with van der Waals surface area (Å²) in [6, 6.07) is 17.2. The molecule has 4 aromatic rings. The number of aromatic nitrogens is 2. The van der Waals surface area contributed by atoms with E-state index in [4.69, 9.17) is 20.8 Å². The van der Waals surface area contributed by atoms with E-state index in [2.05, 4.69) is 20.8 Å². The Balaban J connectivity index is 1.28. The van der Waals surface area contributed by atoms with E-state index in [1.54, 1.807) is 48.5 Å². The molecule has 0 atom stereocenters. The molecule has 0 aliphatic carbocycles. The molecule has 4 rings (SSSR count). The lowest BCUT2D eigenvalue weighted by atomic mass is 10.2. The SMILES string of the molecule is Cc1ccc(CNC(=O)c2ccc(NC(=O)c3nnc(COc4ccc(Cl)cc4)s3)cc2)o1. The van der Waals surface area contributed by atoms with Crippen molar-refractivity contribution in [3.8, 4) is 5.75 Å². The van der Waals surface area contributed by atoms with Crippen LogP contribution in [0.15, 0.2) is 65.1 Å². The molecule has 0 bridgehead atoms. The Morgan fingerprint density at radius 3 is 2.45 bits per heavy atom. The first-order chi connectivity index (χ1) is 16.0. The minimum absolute atomic E-state index is 0.188. The Hall–Kier alpha value is -3.69. The summed E-state index contributed by atoms with van der Waals surface area (Å²) in [4.78, 5) is 24.8. The van der Waals surface area contributed by atoms with E-state index in [1.165, 1.54) is 0 Å². The van der Waals surface area contributed by atoms with Gasteiger partial charge >= 0.3 is 0 Å². The molecule has 0 radical (unpaired) electrons. The lowest BCUT2D eigenvalue weighted by Crippen LogP contribution is -2.22. The van der Waals surface area contributed by atoms with Gasteiger partial charge in [-0.2, -0.15) is 0 Å². The van der Waals surface area contributed by atoms with Crippen LogP contribution in [0.1, 0.15) is 36.7 Å². The van der Waals surface area contributed by atoms with E-state index in [0.29, 0.717) is 39.3 Å². The molecule has 0 aliphatic heterocycles. The van der Waals surface area contributed by atoms with E-state index >= 15 is 0 Å². The molecule has 33 heavy (non-hydrogen) atoms. The number of benzene rings is 2. The Morgan fingerprint density at radius 2 is 1.76 bits per heavy atom. The van der Waals surface area contributed by atoms with Gasteiger partial charge in [0.2, 0.25) is 5.01 Å². The average Bonchev–Trinajstić information content (AvgIpc) is 3.46. The maximum Gasteiger partial charge on any atom is 0.286 e. The summed E-state index contributed by atoms with van der Waals surface area (Å²) in [7, 11) is 0. The van der Waals surface area contributed by atoms with Gasteiger partial charge in [0, 0.05) is 16.3 Å². The molecular weight excluding hydrogens is 464 g/mol. The highest BCUT2D eigenvalue weighted by molar-refractivity contribution is 7.13. The first-order valence-corrected chi connectivity index (χ1v) is 11.1. The molecule has 168 valence electrons. The van der Waals surface area contributed by atoms with Crippen molar-refractivity contribution in [1.29, 1.82) is 0 Å². The Morgan fingerprint density at radius 1 is 1.00 bits per heavy atom. The summed E-state index contributed by atoms with van der Waals surface area (Å²) in [5.74, 6) is 1.48.